The van der Waals surface area contributed by atoms with E-state index >= 15 is 0 Å². The van der Waals surface area contributed by atoms with Gasteiger partial charge in [-0.25, -0.2) is 0 Å². The molecule has 1 aromatic rings. The lowest BCUT2D eigenvalue weighted by Gasteiger charge is -2.03. The summed E-state index contributed by atoms with van der Waals surface area (Å²) in [4.78, 5) is 11.1. The second kappa shape index (κ2) is 4.53. The molecule has 0 bridgehead atoms. The monoisotopic (exact) mass is 242 g/mol. The van der Waals surface area contributed by atoms with Crippen LogP contribution in [0.5, 0.6) is 0 Å². The number of hydrogen-bond acceptors (Lipinski definition) is 2. The number of halogens is 1. The number of hydrogen-bond donors (Lipinski definition) is 1. The fourth-order valence-corrected chi connectivity index (χ4v) is 1.22. The molecule has 0 aliphatic heterocycles. The summed E-state index contributed by atoms with van der Waals surface area (Å²) < 4.78 is 0.987. The van der Waals surface area contributed by atoms with Gasteiger partial charge in [-0.2, -0.15) is 0 Å². The van der Waals surface area contributed by atoms with E-state index in [2.05, 4.69) is 15.9 Å². The van der Waals surface area contributed by atoms with Crippen LogP contribution >= 0.6 is 15.9 Å². The van der Waals surface area contributed by atoms with Gasteiger partial charge >= 0.3 is 0 Å². The zero-order valence-corrected chi connectivity index (χ0v) is 8.91. The average Bonchev–Trinajstić information content (AvgIpc) is 2.08. The largest absolute Gasteiger partial charge is 0.386 e. The van der Waals surface area contributed by atoms with Crippen molar-refractivity contribution in [1.29, 1.82) is 0 Å². The first-order valence-corrected chi connectivity index (χ1v) is 4.84. The molecule has 0 aliphatic rings. The van der Waals surface area contributed by atoms with E-state index in [9.17, 15) is 4.79 Å². The Bertz CT molecular complexity index is 290. The molecule has 0 aliphatic carbocycles. The number of Topliss-reactive ketones (excluding diaryl/α,β-unsaturated/α-hetero) is 1. The first-order chi connectivity index (χ1) is 6.09. The molecule has 0 saturated heterocycles. The van der Waals surface area contributed by atoms with Crippen LogP contribution in [-0.2, 0) is 11.2 Å². The molecule has 13 heavy (non-hydrogen) atoms. The van der Waals surface area contributed by atoms with E-state index in [1.807, 2.05) is 24.3 Å². The summed E-state index contributed by atoms with van der Waals surface area (Å²) in [5, 5.41) is 8.98. The molecule has 1 unspecified atom stereocenters. The fraction of sp³-hybridized carbons (Fsp3) is 0.300. The summed E-state index contributed by atoms with van der Waals surface area (Å²) in [6, 6.07) is 7.49. The lowest BCUT2D eigenvalue weighted by molar-refractivity contribution is -0.125. The Hall–Kier alpha value is -0.670. The smallest absolute Gasteiger partial charge is 0.165 e. The van der Waals surface area contributed by atoms with Crippen LogP contribution in [0.1, 0.15) is 12.5 Å². The number of aliphatic hydroxyl groups is 1. The topological polar surface area (TPSA) is 37.3 Å². The zero-order valence-electron chi connectivity index (χ0n) is 7.33. The van der Waals surface area contributed by atoms with Crippen molar-refractivity contribution in [2.75, 3.05) is 0 Å². The maximum absolute atomic E-state index is 11.1. The minimum atomic E-state index is -0.872. The third kappa shape index (κ3) is 3.28. The standard InChI is InChI=1S/C10H11BrO2/c1-7(12)10(13)6-8-2-4-9(11)5-3-8/h2-5,7,12H,6H2,1H3. The van der Waals surface area contributed by atoms with Crippen molar-refractivity contribution in [2.24, 2.45) is 0 Å². The van der Waals surface area contributed by atoms with Gasteiger partial charge in [-0.3, -0.25) is 4.79 Å². The highest BCUT2D eigenvalue weighted by Crippen LogP contribution is 2.11. The Morgan fingerprint density at radius 3 is 2.46 bits per heavy atom. The Balaban J connectivity index is 2.65. The number of ketones is 1. The van der Waals surface area contributed by atoms with Crippen molar-refractivity contribution in [2.45, 2.75) is 19.4 Å². The molecule has 0 heterocycles. The molecule has 1 atom stereocenters. The highest BCUT2D eigenvalue weighted by atomic mass is 79.9. The molecule has 0 spiro atoms. The van der Waals surface area contributed by atoms with Gasteiger partial charge in [0.25, 0.3) is 0 Å². The van der Waals surface area contributed by atoms with Crippen molar-refractivity contribution < 1.29 is 9.90 Å². The molecular weight excluding hydrogens is 232 g/mol. The second-order valence-electron chi connectivity index (χ2n) is 2.95. The number of rotatable bonds is 3. The SMILES string of the molecule is CC(O)C(=O)Cc1ccc(Br)cc1. The molecule has 3 heteroatoms. The van der Waals surface area contributed by atoms with Gasteiger partial charge in [-0.1, -0.05) is 28.1 Å². The predicted octanol–water partition coefficient (Wildman–Crippen LogP) is 1.94. The summed E-state index contributed by atoms with van der Waals surface area (Å²) in [6.07, 6.45) is -0.575. The molecular formula is C10H11BrO2. The van der Waals surface area contributed by atoms with E-state index in [0.717, 1.165) is 10.0 Å². The Morgan fingerprint density at radius 2 is 2.00 bits per heavy atom. The Morgan fingerprint density at radius 1 is 1.46 bits per heavy atom. The molecule has 0 amide bonds. The third-order valence-corrected chi connectivity index (χ3v) is 2.29. The van der Waals surface area contributed by atoms with Crippen LogP contribution in [0.2, 0.25) is 0 Å². The van der Waals surface area contributed by atoms with Crippen molar-refractivity contribution in [3.8, 4) is 0 Å². The van der Waals surface area contributed by atoms with Crippen LogP contribution < -0.4 is 0 Å². The average molecular weight is 243 g/mol. The number of aliphatic hydroxyl groups excluding tert-OH is 1. The summed E-state index contributed by atoms with van der Waals surface area (Å²) >= 11 is 3.31. The molecule has 0 saturated carbocycles. The molecule has 70 valence electrons. The van der Waals surface area contributed by atoms with Gasteiger partial charge < -0.3 is 5.11 Å². The van der Waals surface area contributed by atoms with Crippen molar-refractivity contribution >= 4 is 21.7 Å². The molecule has 1 aromatic carbocycles. The van der Waals surface area contributed by atoms with Crippen LogP contribution in [0.15, 0.2) is 28.7 Å². The van der Waals surface area contributed by atoms with Gasteiger partial charge in [-0.15, -0.1) is 0 Å². The van der Waals surface area contributed by atoms with Crippen molar-refractivity contribution in [3.05, 3.63) is 34.3 Å². The number of carbonyl (C=O) groups excluding carboxylic acids is 1. The first-order valence-electron chi connectivity index (χ1n) is 4.05. The summed E-state index contributed by atoms with van der Waals surface area (Å²) in [6.45, 7) is 1.49. The van der Waals surface area contributed by atoms with Gasteiger partial charge in [0.1, 0.15) is 6.10 Å². The van der Waals surface area contributed by atoms with Crippen LogP contribution in [0.4, 0.5) is 0 Å². The number of carbonyl (C=O) groups is 1. The van der Waals surface area contributed by atoms with Crippen LogP contribution in [0.25, 0.3) is 0 Å². The minimum absolute atomic E-state index is 0.151. The Labute approximate surface area is 85.7 Å². The molecule has 2 nitrogen and oxygen atoms in total. The van der Waals surface area contributed by atoms with E-state index in [-0.39, 0.29) is 5.78 Å². The summed E-state index contributed by atoms with van der Waals surface area (Å²) in [5.74, 6) is -0.151. The quantitative estimate of drug-likeness (QED) is 0.880. The summed E-state index contributed by atoms with van der Waals surface area (Å²) in [7, 11) is 0. The summed E-state index contributed by atoms with van der Waals surface area (Å²) in [5.41, 5.74) is 0.925. The maximum atomic E-state index is 11.1. The van der Waals surface area contributed by atoms with E-state index in [1.54, 1.807) is 0 Å². The molecule has 0 aromatic heterocycles. The fourth-order valence-electron chi connectivity index (χ4n) is 0.951. The Kier molecular flexibility index (Phi) is 3.63. The van der Waals surface area contributed by atoms with E-state index < -0.39 is 6.10 Å². The van der Waals surface area contributed by atoms with Gasteiger partial charge in [0.15, 0.2) is 5.78 Å². The van der Waals surface area contributed by atoms with Crippen molar-refractivity contribution in [1.82, 2.24) is 0 Å². The van der Waals surface area contributed by atoms with Gasteiger partial charge in [0.05, 0.1) is 0 Å². The van der Waals surface area contributed by atoms with E-state index in [0.29, 0.717) is 6.42 Å². The molecule has 1 rings (SSSR count). The van der Waals surface area contributed by atoms with Gasteiger partial charge in [0.2, 0.25) is 0 Å². The van der Waals surface area contributed by atoms with Crippen LogP contribution in [-0.4, -0.2) is 17.0 Å². The molecule has 0 fully saturated rings. The highest BCUT2D eigenvalue weighted by Gasteiger charge is 2.08. The number of benzene rings is 1. The maximum Gasteiger partial charge on any atom is 0.165 e. The van der Waals surface area contributed by atoms with E-state index in [4.69, 9.17) is 5.11 Å². The minimum Gasteiger partial charge on any atom is -0.386 e. The normalized spacial score (nSPS) is 12.5. The third-order valence-electron chi connectivity index (χ3n) is 1.76. The lowest BCUT2D eigenvalue weighted by Crippen LogP contribution is -2.18. The van der Waals surface area contributed by atoms with Crippen molar-refractivity contribution in [3.63, 3.8) is 0 Å². The second-order valence-corrected chi connectivity index (χ2v) is 3.86. The first kappa shape index (κ1) is 10.4. The molecule has 0 radical (unpaired) electrons. The van der Waals surface area contributed by atoms with Gasteiger partial charge in [-0.05, 0) is 24.6 Å². The lowest BCUT2D eigenvalue weighted by atomic mass is 10.1. The van der Waals surface area contributed by atoms with E-state index in [1.165, 1.54) is 6.92 Å². The molecule has 1 N–H and O–H groups in total. The zero-order chi connectivity index (χ0) is 9.84. The van der Waals surface area contributed by atoms with Crippen LogP contribution in [0.3, 0.4) is 0 Å². The van der Waals surface area contributed by atoms with Gasteiger partial charge in [0, 0.05) is 10.9 Å². The van der Waals surface area contributed by atoms with Crippen LogP contribution in [0, 0.1) is 0 Å². The predicted molar refractivity (Wildman–Crippen MR) is 54.5 cm³/mol. The highest BCUT2D eigenvalue weighted by molar-refractivity contribution is 9.10.